The number of anilines is 3. The van der Waals surface area contributed by atoms with Crippen LogP contribution in [0.25, 0.3) is 6.08 Å². The van der Waals surface area contributed by atoms with Crippen molar-refractivity contribution in [3.8, 4) is 5.75 Å². The van der Waals surface area contributed by atoms with Crippen LogP contribution in [0.1, 0.15) is 25.1 Å². The van der Waals surface area contributed by atoms with Crippen molar-refractivity contribution in [3.05, 3.63) is 71.2 Å². The average Bonchev–Trinajstić information content (AvgIpc) is 3.22. The fraction of sp³-hybridized carbons (Fsp3) is 0.174. The van der Waals surface area contributed by atoms with Gasteiger partial charge in [0.25, 0.3) is 0 Å². The van der Waals surface area contributed by atoms with E-state index in [-0.39, 0.29) is 10.8 Å². The van der Waals surface area contributed by atoms with Crippen LogP contribution in [0.3, 0.4) is 0 Å². The Balaban J connectivity index is 1.77. The van der Waals surface area contributed by atoms with Crippen LogP contribution in [0, 0.1) is 0 Å². The number of hydrogen-bond donors (Lipinski definition) is 1. The Hall–Kier alpha value is -3.66. The Kier molecular flexibility index (Phi) is 7.49. The molecule has 0 fully saturated rings. The maximum Gasteiger partial charge on any atom is 0.416 e. The lowest BCUT2D eigenvalue weighted by molar-refractivity contribution is -0.137. The summed E-state index contributed by atoms with van der Waals surface area (Å²) in [5.74, 6) is -0.377. The molecule has 0 saturated heterocycles. The number of aromatic nitrogens is 1. The first-order chi connectivity index (χ1) is 15.7. The van der Waals surface area contributed by atoms with Gasteiger partial charge in [0, 0.05) is 18.4 Å². The van der Waals surface area contributed by atoms with Gasteiger partial charge in [0.1, 0.15) is 5.75 Å². The van der Waals surface area contributed by atoms with E-state index >= 15 is 0 Å². The third-order valence-corrected chi connectivity index (χ3v) is 5.14. The van der Waals surface area contributed by atoms with Crippen molar-refractivity contribution in [3.63, 3.8) is 0 Å². The number of ether oxygens (including phenoxy) is 1. The highest BCUT2D eigenvalue weighted by Crippen LogP contribution is 2.35. The van der Waals surface area contributed by atoms with Gasteiger partial charge >= 0.3 is 6.18 Å². The Labute approximate surface area is 192 Å². The summed E-state index contributed by atoms with van der Waals surface area (Å²) in [6.07, 6.45) is -1.82. The summed E-state index contributed by atoms with van der Waals surface area (Å²) in [6.45, 7) is 3.52. The van der Waals surface area contributed by atoms with Crippen LogP contribution in [-0.2, 0) is 15.8 Å². The molecule has 3 aromatic rings. The van der Waals surface area contributed by atoms with Gasteiger partial charge in [-0.3, -0.25) is 14.5 Å². The summed E-state index contributed by atoms with van der Waals surface area (Å²) >= 11 is 1.07. The van der Waals surface area contributed by atoms with Gasteiger partial charge in [0.2, 0.25) is 11.8 Å². The molecule has 0 atom stereocenters. The highest BCUT2D eigenvalue weighted by molar-refractivity contribution is 7.14. The number of nitrogens with zero attached hydrogens (tertiary/aromatic N) is 2. The van der Waals surface area contributed by atoms with Crippen LogP contribution in [0.2, 0.25) is 0 Å². The Morgan fingerprint density at radius 3 is 2.64 bits per heavy atom. The largest absolute Gasteiger partial charge is 0.492 e. The summed E-state index contributed by atoms with van der Waals surface area (Å²) in [5.41, 5.74) is 0.0705. The second-order valence-electron chi connectivity index (χ2n) is 6.71. The number of carbonyl (C=O) groups excluding carboxylic acids is 2. The van der Waals surface area contributed by atoms with Crippen LogP contribution in [-0.4, -0.2) is 23.4 Å². The number of amides is 2. The minimum atomic E-state index is -4.54. The molecular formula is C23H20F3N3O3S. The maximum atomic E-state index is 13.1. The number of rotatable bonds is 7. The molecule has 2 amide bonds. The summed E-state index contributed by atoms with van der Waals surface area (Å²) in [6, 6.07) is 11.4. The number of para-hydroxylation sites is 2. The SMILES string of the molecule is CCOc1ccccc1NC(=O)/C=C/c1csc(N(C(C)=O)c2cccc(C(F)(F)F)c2)n1. The molecule has 0 spiro atoms. The number of benzene rings is 2. The lowest BCUT2D eigenvalue weighted by Gasteiger charge is -2.19. The number of halogens is 3. The fourth-order valence-corrected chi connectivity index (χ4v) is 3.75. The number of thiazole rings is 1. The molecule has 33 heavy (non-hydrogen) atoms. The zero-order chi connectivity index (χ0) is 24.0. The summed E-state index contributed by atoms with van der Waals surface area (Å²) < 4.78 is 44.7. The van der Waals surface area contributed by atoms with Crippen molar-refractivity contribution >= 4 is 45.7 Å². The number of hydrogen-bond acceptors (Lipinski definition) is 5. The van der Waals surface area contributed by atoms with E-state index in [1.165, 1.54) is 31.2 Å². The van der Waals surface area contributed by atoms with E-state index in [9.17, 15) is 22.8 Å². The molecule has 0 aliphatic rings. The van der Waals surface area contributed by atoms with Crippen LogP contribution < -0.4 is 15.0 Å². The van der Waals surface area contributed by atoms with Crippen LogP contribution in [0.15, 0.2) is 60.0 Å². The standard InChI is InChI=1S/C23H20F3N3O3S/c1-3-32-20-10-5-4-9-19(20)28-21(31)12-11-17-14-33-22(27-17)29(15(2)30)18-8-6-7-16(13-18)23(24,25)26/h4-14H,3H2,1-2H3,(H,28,31)/b12-11+. The first-order valence-corrected chi connectivity index (χ1v) is 10.7. The van der Waals surface area contributed by atoms with Crippen molar-refractivity contribution in [1.29, 1.82) is 0 Å². The molecule has 0 radical (unpaired) electrons. The molecular weight excluding hydrogens is 455 g/mol. The van der Waals surface area contributed by atoms with E-state index in [1.54, 1.807) is 29.6 Å². The maximum absolute atomic E-state index is 13.1. The van der Waals surface area contributed by atoms with Crippen molar-refractivity contribution in [1.82, 2.24) is 4.98 Å². The van der Waals surface area contributed by atoms with Crippen LogP contribution >= 0.6 is 11.3 Å². The minimum absolute atomic E-state index is 0.0486. The summed E-state index contributed by atoms with van der Waals surface area (Å²) in [7, 11) is 0. The molecule has 1 N–H and O–H groups in total. The molecule has 1 heterocycles. The average molecular weight is 475 g/mol. The van der Waals surface area contributed by atoms with Gasteiger partial charge in [0.05, 0.1) is 29.2 Å². The minimum Gasteiger partial charge on any atom is -0.492 e. The van der Waals surface area contributed by atoms with Crippen molar-refractivity contribution < 1.29 is 27.5 Å². The molecule has 10 heteroatoms. The fourth-order valence-electron chi connectivity index (χ4n) is 2.89. The number of carbonyl (C=O) groups is 2. The van der Waals surface area contributed by atoms with E-state index < -0.39 is 23.6 Å². The third kappa shape index (κ3) is 6.19. The van der Waals surface area contributed by atoms with E-state index in [1.807, 2.05) is 6.92 Å². The second kappa shape index (κ2) is 10.3. The summed E-state index contributed by atoms with van der Waals surface area (Å²) in [4.78, 5) is 29.9. The monoisotopic (exact) mass is 475 g/mol. The first kappa shape index (κ1) is 24.0. The third-order valence-electron chi connectivity index (χ3n) is 4.30. The first-order valence-electron chi connectivity index (χ1n) is 9.83. The van der Waals surface area contributed by atoms with E-state index in [4.69, 9.17) is 4.74 Å². The van der Waals surface area contributed by atoms with E-state index in [2.05, 4.69) is 10.3 Å². The van der Waals surface area contributed by atoms with Gasteiger partial charge in [-0.25, -0.2) is 4.98 Å². The van der Waals surface area contributed by atoms with Crippen molar-refractivity contribution in [2.75, 3.05) is 16.8 Å². The molecule has 1 aromatic heterocycles. The van der Waals surface area contributed by atoms with Gasteiger partial charge in [-0.15, -0.1) is 11.3 Å². The van der Waals surface area contributed by atoms with Gasteiger partial charge < -0.3 is 10.1 Å². The molecule has 0 unspecified atom stereocenters. The smallest absolute Gasteiger partial charge is 0.416 e. The van der Waals surface area contributed by atoms with Crippen molar-refractivity contribution in [2.45, 2.75) is 20.0 Å². The second-order valence-corrected chi connectivity index (χ2v) is 7.55. The Morgan fingerprint density at radius 1 is 1.18 bits per heavy atom. The normalized spacial score (nSPS) is 11.4. The molecule has 0 saturated carbocycles. The molecule has 172 valence electrons. The van der Waals surface area contributed by atoms with Gasteiger partial charge in [-0.1, -0.05) is 18.2 Å². The number of nitrogens with one attached hydrogen (secondary N) is 1. The molecule has 0 aliphatic carbocycles. The zero-order valence-corrected chi connectivity index (χ0v) is 18.5. The van der Waals surface area contributed by atoms with Crippen molar-refractivity contribution in [2.24, 2.45) is 0 Å². The van der Waals surface area contributed by atoms with E-state index in [0.29, 0.717) is 23.7 Å². The van der Waals surface area contributed by atoms with Crippen LogP contribution in [0.5, 0.6) is 5.75 Å². The van der Waals surface area contributed by atoms with Gasteiger partial charge in [0.15, 0.2) is 5.13 Å². The molecule has 2 aromatic carbocycles. The predicted molar refractivity (Wildman–Crippen MR) is 122 cm³/mol. The molecule has 0 bridgehead atoms. The predicted octanol–water partition coefficient (Wildman–Crippen LogP) is 5.90. The quantitative estimate of drug-likeness (QED) is 0.432. The highest BCUT2D eigenvalue weighted by Gasteiger charge is 2.31. The molecule has 0 aliphatic heterocycles. The van der Waals surface area contributed by atoms with Gasteiger partial charge in [-0.2, -0.15) is 13.2 Å². The Bertz CT molecular complexity index is 1170. The lowest BCUT2D eigenvalue weighted by atomic mass is 10.2. The molecule has 3 rings (SSSR count). The lowest BCUT2D eigenvalue weighted by Crippen LogP contribution is -2.23. The van der Waals surface area contributed by atoms with E-state index in [0.717, 1.165) is 28.4 Å². The topological polar surface area (TPSA) is 71.5 Å². The van der Waals surface area contributed by atoms with Gasteiger partial charge in [-0.05, 0) is 43.3 Å². The highest BCUT2D eigenvalue weighted by atomic mass is 32.1. The number of alkyl halides is 3. The molecule has 6 nitrogen and oxygen atoms in total. The summed E-state index contributed by atoms with van der Waals surface area (Å²) in [5, 5.41) is 4.49. The Morgan fingerprint density at radius 2 is 1.94 bits per heavy atom. The van der Waals surface area contributed by atoms with Crippen LogP contribution in [0.4, 0.5) is 29.7 Å². The zero-order valence-electron chi connectivity index (χ0n) is 17.7.